The minimum absolute atomic E-state index is 0.0181. The molecule has 0 aliphatic carbocycles. The van der Waals surface area contributed by atoms with Gasteiger partial charge in [-0.15, -0.1) is 5.10 Å². The highest BCUT2D eigenvalue weighted by molar-refractivity contribution is 5.85. The van der Waals surface area contributed by atoms with Crippen LogP contribution in [-0.2, 0) is 16.1 Å². The Morgan fingerprint density at radius 1 is 1.29 bits per heavy atom. The van der Waals surface area contributed by atoms with E-state index in [4.69, 9.17) is 0 Å². The van der Waals surface area contributed by atoms with Crippen LogP contribution >= 0.6 is 0 Å². The van der Waals surface area contributed by atoms with Gasteiger partial charge in [0.15, 0.2) is 0 Å². The number of carbonyl (C=O) groups is 2. The van der Waals surface area contributed by atoms with Crippen LogP contribution < -0.4 is 0 Å². The summed E-state index contributed by atoms with van der Waals surface area (Å²) in [6.07, 6.45) is 2.19. The molecule has 110 valence electrons. The number of aromatic nitrogens is 3. The average molecular weight is 288 g/mol. The molecule has 0 spiro atoms. The molecule has 1 aromatic carbocycles. The Morgan fingerprint density at radius 3 is 2.90 bits per heavy atom. The second-order valence-electron chi connectivity index (χ2n) is 5.17. The van der Waals surface area contributed by atoms with Crippen molar-refractivity contribution in [3.63, 3.8) is 0 Å². The van der Waals surface area contributed by atoms with E-state index in [1.807, 2.05) is 24.3 Å². The number of benzene rings is 1. The van der Waals surface area contributed by atoms with Gasteiger partial charge in [0, 0.05) is 6.54 Å². The number of piperidine rings is 1. The van der Waals surface area contributed by atoms with Crippen molar-refractivity contribution in [2.75, 3.05) is 6.54 Å². The lowest BCUT2D eigenvalue weighted by Gasteiger charge is -2.32. The van der Waals surface area contributed by atoms with E-state index in [1.54, 1.807) is 0 Å². The lowest BCUT2D eigenvalue weighted by Crippen LogP contribution is -2.49. The van der Waals surface area contributed by atoms with Gasteiger partial charge in [0.05, 0.1) is 5.52 Å². The molecule has 1 aromatic heterocycles. The smallest absolute Gasteiger partial charge is 0.326 e. The number of carboxylic acids is 1. The Kier molecular flexibility index (Phi) is 3.55. The van der Waals surface area contributed by atoms with Crippen LogP contribution in [-0.4, -0.2) is 49.5 Å². The van der Waals surface area contributed by atoms with Gasteiger partial charge in [-0.05, 0) is 31.4 Å². The third-order valence-corrected chi connectivity index (χ3v) is 3.81. The van der Waals surface area contributed by atoms with Crippen LogP contribution in [0.2, 0.25) is 0 Å². The van der Waals surface area contributed by atoms with E-state index in [9.17, 15) is 14.7 Å². The largest absolute Gasteiger partial charge is 0.480 e. The molecule has 7 nitrogen and oxygen atoms in total. The maximum absolute atomic E-state index is 12.4. The summed E-state index contributed by atoms with van der Waals surface area (Å²) in [4.78, 5) is 25.1. The van der Waals surface area contributed by atoms with Crippen LogP contribution in [0.4, 0.5) is 0 Å². The number of carboxylic acid groups (broad SMARTS) is 1. The molecule has 0 bridgehead atoms. The number of hydrogen-bond donors (Lipinski definition) is 1. The summed E-state index contributed by atoms with van der Waals surface area (Å²) in [5.41, 5.74) is 1.49. The molecule has 3 rings (SSSR count). The van der Waals surface area contributed by atoms with E-state index in [2.05, 4.69) is 10.3 Å². The van der Waals surface area contributed by atoms with Gasteiger partial charge in [-0.25, -0.2) is 9.48 Å². The minimum Gasteiger partial charge on any atom is -0.480 e. The normalized spacial score (nSPS) is 18.9. The van der Waals surface area contributed by atoms with Gasteiger partial charge in [-0.1, -0.05) is 17.3 Å². The van der Waals surface area contributed by atoms with Crippen molar-refractivity contribution in [1.29, 1.82) is 0 Å². The Morgan fingerprint density at radius 2 is 2.10 bits per heavy atom. The highest BCUT2D eigenvalue weighted by atomic mass is 16.4. The molecule has 1 unspecified atom stereocenters. The fourth-order valence-corrected chi connectivity index (χ4v) is 2.74. The Labute approximate surface area is 121 Å². The molecule has 0 radical (unpaired) electrons. The first-order valence-corrected chi connectivity index (χ1v) is 6.97. The summed E-state index contributed by atoms with van der Waals surface area (Å²) in [6.45, 7) is 0.507. The van der Waals surface area contributed by atoms with Gasteiger partial charge in [-0.2, -0.15) is 0 Å². The topological polar surface area (TPSA) is 88.3 Å². The molecule has 1 amide bonds. The molecule has 1 fully saturated rings. The molecule has 21 heavy (non-hydrogen) atoms. The lowest BCUT2D eigenvalue weighted by atomic mass is 10.0. The van der Waals surface area contributed by atoms with E-state index in [-0.39, 0.29) is 12.5 Å². The fourth-order valence-electron chi connectivity index (χ4n) is 2.74. The predicted octanol–water partition coefficient (Wildman–Crippen LogP) is 0.897. The molecule has 1 aliphatic rings. The van der Waals surface area contributed by atoms with Crippen molar-refractivity contribution >= 4 is 22.9 Å². The fraction of sp³-hybridized carbons (Fsp3) is 0.429. The van der Waals surface area contributed by atoms with Crippen LogP contribution in [0.5, 0.6) is 0 Å². The zero-order valence-corrected chi connectivity index (χ0v) is 11.5. The quantitative estimate of drug-likeness (QED) is 0.906. The van der Waals surface area contributed by atoms with Gasteiger partial charge < -0.3 is 10.0 Å². The molecular weight excluding hydrogens is 272 g/mol. The zero-order valence-electron chi connectivity index (χ0n) is 11.5. The maximum Gasteiger partial charge on any atom is 0.326 e. The highest BCUT2D eigenvalue weighted by Crippen LogP contribution is 2.18. The Hall–Kier alpha value is -2.44. The number of rotatable bonds is 3. The molecule has 1 saturated heterocycles. The van der Waals surface area contributed by atoms with Crippen LogP contribution in [0.25, 0.3) is 11.0 Å². The number of amides is 1. The second-order valence-corrected chi connectivity index (χ2v) is 5.17. The molecule has 2 aromatic rings. The van der Waals surface area contributed by atoms with Gasteiger partial charge >= 0.3 is 5.97 Å². The summed E-state index contributed by atoms with van der Waals surface area (Å²) in [5.74, 6) is -1.16. The molecule has 1 aliphatic heterocycles. The highest BCUT2D eigenvalue weighted by Gasteiger charge is 2.32. The third-order valence-electron chi connectivity index (χ3n) is 3.81. The molecule has 0 saturated carbocycles. The summed E-state index contributed by atoms with van der Waals surface area (Å²) in [6, 6.07) is 6.65. The summed E-state index contributed by atoms with van der Waals surface area (Å²) in [7, 11) is 0. The van der Waals surface area contributed by atoms with Crippen molar-refractivity contribution < 1.29 is 14.7 Å². The van der Waals surface area contributed by atoms with Crippen LogP contribution in [0.15, 0.2) is 24.3 Å². The van der Waals surface area contributed by atoms with Crippen LogP contribution in [0.1, 0.15) is 19.3 Å². The Bertz CT molecular complexity index is 682. The van der Waals surface area contributed by atoms with Crippen molar-refractivity contribution in [2.45, 2.75) is 31.8 Å². The predicted molar refractivity (Wildman–Crippen MR) is 74.5 cm³/mol. The summed E-state index contributed by atoms with van der Waals surface area (Å²) in [5, 5.41) is 17.2. The monoisotopic (exact) mass is 288 g/mol. The number of carbonyl (C=O) groups excluding carboxylic acids is 1. The molecule has 2 heterocycles. The number of para-hydroxylation sites is 1. The summed E-state index contributed by atoms with van der Waals surface area (Å²) >= 11 is 0. The second kappa shape index (κ2) is 5.51. The average Bonchev–Trinajstić information content (AvgIpc) is 2.90. The van der Waals surface area contributed by atoms with Gasteiger partial charge in [-0.3, -0.25) is 4.79 Å². The van der Waals surface area contributed by atoms with Crippen molar-refractivity contribution in [3.05, 3.63) is 24.3 Å². The molecule has 1 atom stereocenters. The number of hydrogen-bond acceptors (Lipinski definition) is 4. The zero-order chi connectivity index (χ0) is 14.8. The van der Waals surface area contributed by atoms with Gasteiger partial charge in [0.2, 0.25) is 5.91 Å². The first-order valence-electron chi connectivity index (χ1n) is 6.97. The lowest BCUT2D eigenvalue weighted by molar-refractivity contribution is -0.152. The Balaban J connectivity index is 1.80. The maximum atomic E-state index is 12.4. The molecular formula is C14H16N4O3. The number of likely N-dealkylation sites (tertiary alicyclic amines) is 1. The molecule has 7 heteroatoms. The van der Waals surface area contributed by atoms with Gasteiger partial charge in [0.1, 0.15) is 18.1 Å². The standard InChI is InChI=1S/C14H16N4O3/c19-13(17-8-4-3-7-12(17)14(20)21)9-18-11-6-2-1-5-10(11)15-16-18/h1-2,5-6,12H,3-4,7-9H2,(H,20,21). The number of aliphatic carboxylic acids is 1. The van der Waals surface area contributed by atoms with E-state index >= 15 is 0 Å². The molecule has 1 N–H and O–H groups in total. The number of nitrogens with zero attached hydrogens (tertiary/aromatic N) is 4. The minimum atomic E-state index is -0.938. The summed E-state index contributed by atoms with van der Waals surface area (Å²) < 4.78 is 1.52. The number of fused-ring (bicyclic) bond motifs is 1. The van der Waals surface area contributed by atoms with E-state index in [0.29, 0.717) is 13.0 Å². The van der Waals surface area contributed by atoms with E-state index < -0.39 is 12.0 Å². The van der Waals surface area contributed by atoms with Crippen molar-refractivity contribution in [3.8, 4) is 0 Å². The first-order chi connectivity index (χ1) is 10.2. The SMILES string of the molecule is O=C(O)C1CCCCN1C(=O)Cn1nnc2ccccc21. The first kappa shape index (κ1) is 13.5. The van der Waals surface area contributed by atoms with Crippen LogP contribution in [0.3, 0.4) is 0 Å². The van der Waals surface area contributed by atoms with Crippen LogP contribution in [0, 0.1) is 0 Å². The van der Waals surface area contributed by atoms with Crippen molar-refractivity contribution in [2.24, 2.45) is 0 Å². The third kappa shape index (κ3) is 2.58. The van der Waals surface area contributed by atoms with E-state index in [1.165, 1.54) is 9.58 Å². The van der Waals surface area contributed by atoms with E-state index in [0.717, 1.165) is 23.9 Å². The van der Waals surface area contributed by atoms with Gasteiger partial charge in [0.25, 0.3) is 0 Å². The van der Waals surface area contributed by atoms with Crippen molar-refractivity contribution in [1.82, 2.24) is 19.9 Å².